The van der Waals surface area contributed by atoms with Crippen molar-refractivity contribution in [1.29, 1.82) is 0 Å². The second-order valence-electron chi connectivity index (χ2n) is 2.41. The first-order valence-corrected chi connectivity index (χ1v) is 4.21. The quantitative estimate of drug-likeness (QED) is 0.466. The zero-order valence-corrected chi connectivity index (χ0v) is 10.7. The third-order valence-electron chi connectivity index (χ3n) is 1.64. The Balaban J connectivity index is 0.000000720. The van der Waals surface area contributed by atoms with Crippen LogP contribution in [0.5, 0.6) is 0 Å². The average molecular weight is 266 g/mol. The van der Waals surface area contributed by atoms with Gasteiger partial charge in [-0.2, -0.15) is 12.1 Å². The zero-order chi connectivity index (χ0) is 7.68. The van der Waals surface area contributed by atoms with E-state index in [0.29, 0.717) is 0 Å². The van der Waals surface area contributed by atoms with Gasteiger partial charge in [0.25, 0.3) is 0 Å². The maximum atomic E-state index is 3.38. The topological polar surface area (TPSA) is 0 Å². The van der Waals surface area contributed by atoms with Gasteiger partial charge in [0.15, 0.2) is 0 Å². The Morgan fingerprint density at radius 2 is 1.69 bits per heavy atom. The van der Waals surface area contributed by atoms with E-state index in [9.17, 15) is 0 Å². The first-order chi connectivity index (χ1) is 5.36. The van der Waals surface area contributed by atoms with Crippen LogP contribution in [0.1, 0.15) is 0 Å². The van der Waals surface area contributed by atoms with Crippen molar-refractivity contribution < 1.29 is 12.4 Å². The minimum Gasteiger partial charge on any atom is -1.00 e. The van der Waals surface area contributed by atoms with Gasteiger partial charge in [0, 0.05) is 0 Å². The fourth-order valence-corrected chi connectivity index (χ4v) is 1.46. The molecule has 0 spiro atoms. The van der Waals surface area contributed by atoms with E-state index < -0.39 is 0 Å². The van der Waals surface area contributed by atoms with Crippen molar-refractivity contribution in [1.82, 2.24) is 0 Å². The van der Waals surface area contributed by atoms with E-state index in [2.05, 4.69) is 40.2 Å². The molecule has 2 rings (SSSR count). The predicted molar refractivity (Wildman–Crippen MR) is 56.2 cm³/mol. The van der Waals surface area contributed by atoms with Crippen LogP contribution >= 0.6 is 15.9 Å². The van der Waals surface area contributed by atoms with E-state index in [1.54, 1.807) is 0 Å². The van der Waals surface area contributed by atoms with Crippen molar-refractivity contribution in [2.75, 3.05) is 0 Å². The fraction of sp³-hybridized carbons (Fsp3) is 0. The summed E-state index contributed by atoms with van der Waals surface area (Å²) in [5, 5.41) is 2.48. The van der Waals surface area contributed by atoms with Crippen molar-refractivity contribution >= 4 is 49.8 Å². The summed E-state index contributed by atoms with van der Waals surface area (Å²) < 4.78 is 1.01. The first-order valence-electron chi connectivity index (χ1n) is 3.42. The molecule has 0 aliphatic carbocycles. The Bertz CT molecular complexity index is 389. The molecule has 0 bridgehead atoms. The van der Waals surface area contributed by atoms with Crippen LogP contribution in [0, 0.1) is 6.07 Å². The van der Waals surface area contributed by atoms with Crippen molar-refractivity contribution in [2.24, 2.45) is 0 Å². The van der Waals surface area contributed by atoms with E-state index in [1.807, 2.05) is 18.2 Å². The van der Waals surface area contributed by atoms with Crippen molar-refractivity contribution in [3.63, 3.8) is 0 Å². The molecule has 0 atom stereocenters. The minimum absolute atomic E-state index is 0. The SMILES string of the molecule is Brc1[c-]cc2ccccc2c1.[Cl-].[Mg+2]. The van der Waals surface area contributed by atoms with Gasteiger partial charge in [-0.15, -0.1) is 22.9 Å². The fourth-order valence-electron chi connectivity index (χ4n) is 1.10. The first kappa shape index (κ1) is 13.2. The number of hydrogen-bond acceptors (Lipinski definition) is 0. The van der Waals surface area contributed by atoms with Gasteiger partial charge in [-0.05, 0) is 0 Å². The smallest absolute Gasteiger partial charge is 1.00 e. The molecule has 0 aliphatic heterocycles. The second kappa shape index (κ2) is 5.86. The van der Waals surface area contributed by atoms with E-state index in [0.717, 1.165) is 4.47 Å². The molecular formula is C10H6BrClMg. The Labute approximate surface area is 108 Å². The Hall–Kier alpha value is 0.236. The maximum absolute atomic E-state index is 3.38. The number of halogens is 2. The van der Waals surface area contributed by atoms with Gasteiger partial charge in [0.05, 0.1) is 0 Å². The van der Waals surface area contributed by atoms with Crippen molar-refractivity contribution in [2.45, 2.75) is 0 Å². The molecule has 0 N–H and O–H groups in total. The number of rotatable bonds is 0. The van der Waals surface area contributed by atoms with Gasteiger partial charge in [-0.25, -0.2) is 0 Å². The molecule has 3 heteroatoms. The Morgan fingerprint density at radius 3 is 2.38 bits per heavy atom. The maximum Gasteiger partial charge on any atom is 2.00 e. The molecule has 2 aromatic rings. The normalized spacial score (nSPS) is 8.69. The van der Waals surface area contributed by atoms with Gasteiger partial charge in [0.2, 0.25) is 0 Å². The number of benzene rings is 2. The largest absolute Gasteiger partial charge is 2.00 e. The molecule has 62 valence electrons. The summed E-state index contributed by atoms with van der Waals surface area (Å²) in [5.74, 6) is 0. The molecule has 0 heterocycles. The van der Waals surface area contributed by atoms with Crippen LogP contribution in [0.25, 0.3) is 10.8 Å². The summed E-state index contributed by atoms with van der Waals surface area (Å²) in [6.07, 6.45) is 0. The molecule has 0 radical (unpaired) electrons. The van der Waals surface area contributed by atoms with Crippen molar-refractivity contribution in [3.05, 3.63) is 46.9 Å². The van der Waals surface area contributed by atoms with Gasteiger partial charge in [-0.1, -0.05) is 38.6 Å². The van der Waals surface area contributed by atoms with Crippen molar-refractivity contribution in [3.8, 4) is 0 Å². The monoisotopic (exact) mass is 264 g/mol. The average Bonchev–Trinajstić information content (AvgIpc) is 2.04. The van der Waals surface area contributed by atoms with Gasteiger partial charge in [-0.3, -0.25) is 0 Å². The molecule has 13 heavy (non-hydrogen) atoms. The minimum atomic E-state index is 0. The summed E-state index contributed by atoms with van der Waals surface area (Å²) in [5.41, 5.74) is 0. The van der Waals surface area contributed by atoms with Crippen LogP contribution in [0.4, 0.5) is 0 Å². The van der Waals surface area contributed by atoms with Crippen LogP contribution in [-0.2, 0) is 0 Å². The summed E-state index contributed by atoms with van der Waals surface area (Å²) in [6.45, 7) is 0. The summed E-state index contributed by atoms with van der Waals surface area (Å²) in [4.78, 5) is 0. The summed E-state index contributed by atoms with van der Waals surface area (Å²) in [7, 11) is 0. The molecule has 0 fully saturated rings. The molecule has 0 aromatic heterocycles. The van der Waals surface area contributed by atoms with Gasteiger partial charge >= 0.3 is 23.1 Å². The number of fused-ring (bicyclic) bond motifs is 1. The van der Waals surface area contributed by atoms with Crippen LogP contribution in [0.15, 0.2) is 40.9 Å². The molecule has 0 saturated carbocycles. The Kier molecular flexibility index (Phi) is 5.97. The van der Waals surface area contributed by atoms with E-state index in [-0.39, 0.29) is 35.5 Å². The second-order valence-corrected chi connectivity index (χ2v) is 3.26. The summed E-state index contributed by atoms with van der Waals surface area (Å²) >= 11 is 3.38. The van der Waals surface area contributed by atoms with Crippen LogP contribution < -0.4 is 12.4 Å². The van der Waals surface area contributed by atoms with E-state index in [1.165, 1.54) is 10.8 Å². The van der Waals surface area contributed by atoms with E-state index >= 15 is 0 Å². The summed E-state index contributed by atoms with van der Waals surface area (Å²) in [6, 6.07) is 15.4. The third kappa shape index (κ3) is 3.13. The molecule has 0 aliphatic rings. The molecule has 2 aromatic carbocycles. The predicted octanol–water partition coefficient (Wildman–Crippen LogP) is 0.0257. The standard InChI is InChI=1S/C10H6Br.ClH.Mg/c11-10-6-5-8-3-1-2-4-9(8)7-10;;/h1-5,7H;1H;/q-1;;+2/p-1. The van der Waals surface area contributed by atoms with Crippen LogP contribution in [-0.4, -0.2) is 23.1 Å². The van der Waals surface area contributed by atoms with Gasteiger partial charge < -0.3 is 12.4 Å². The van der Waals surface area contributed by atoms with E-state index in [4.69, 9.17) is 0 Å². The molecule has 0 unspecified atom stereocenters. The Morgan fingerprint density at radius 1 is 1.08 bits per heavy atom. The third-order valence-corrected chi connectivity index (χ3v) is 2.10. The van der Waals surface area contributed by atoms with Crippen LogP contribution in [0.2, 0.25) is 0 Å². The number of hydrogen-bond donors (Lipinski definition) is 0. The molecule has 0 nitrogen and oxygen atoms in total. The van der Waals surface area contributed by atoms with Gasteiger partial charge in [0.1, 0.15) is 0 Å². The van der Waals surface area contributed by atoms with Crippen LogP contribution in [0.3, 0.4) is 0 Å². The molecule has 0 amide bonds. The molecule has 0 saturated heterocycles. The zero-order valence-electron chi connectivity index (χ0n) is 6.93. The molecular weight excluding hydrogens is 260 g/mol.